The van der Waals surface area contributed by atoms with E-state index in [2.05, 4.69) is 0 Å². The average Bonchev–Trinajstić information content (AvgIpc) is 2.47. The van der Waals surface area contributed by atoms with Gasteiger partial charge < -0.3 is 5.11 Å². The van der Waals surface area contributed by atoms with E-state index >= 15 is 0 Å². The van der Waals surface area contributed by atoms with Crippen molar-refractivity contribution in [3.63, 3.8) is 0 Å². The molecule has 1 aromatic heterocycles. The molecule has 64 valence electrons. The zero-order valence-electron chi connectivity index (χ0n) is 6.02. The van der Waals surface area contributed by atoms with E-state index < -0.39 is 5.97 Å². The normalized spacial score (nSPS) is 9.67. The molecular formula is C7H6O3S2. The largest absolute Gasteiger partial charge is 0.481 e. The molecule has 0 bridgehead atoms. The van der Waals surface area contributed by atoms with Crippen molar-refractivity contribution >= 4 is 35.4 Å². The van der Waals surface area contributed by atoms with Crippen molar-refractivity contribution in [2.24, 2.45) is 0 Å². The maximum Gasteiger partial charge on any atom is 0.313 e. The standard InChI is InChI=1S/C7H6O3S2/c8-1-5-2-11-3-6(5)12-4-7(9)10/h1-3H,4H2,(H,9,10). The number of aliphatic carboxylic acids is 1. The number of rotatable bonds is 4. The molecule has 3 nitrogen and oxygen atoms in total. The number of carboxylic acid groups (broad SMARTS) is 1. The Kier molecular flexibility index (Phi) is 3.31. The first kappa shape index (κ1) is 9.28. The zero-order chi connectivity index (χ0) is 8.97. The zero-order valence-corrected chi connectivity index (χ0v) is 7.65. The minimum absolute atomic E-state index is 0.00241. The maximum absolute atomic E-state index is 10.4. The van der Waals surface area contributed by atoms with Crippen molar-refractivity contribution in [3.05, 3.63) is 16.3 Å². The van der Waals surface area contributed by atoms with E-state index in [1.165, 1.54) is 23.1 Å². The molecule has 0 atom stereocenters. The molecule has 1 rings (SSSR count). The van der Waals surface area contributed by atoms with Crippen LogP contribution in [0.1, 0.15) is 10.4 Å². The highest BCUT2D eigenvalue weighted by atomic mass is 32.2. The monoisotopic (exact) mass is 202 g/mol. The van der Waals surface area contributed by atoms with Crippen LogP contribution in [0.2, 0.25) is 0 Å². The first-order chi connectivity index (χ1) is 5.74. The summed E-state index contributed by atoms with van der Waals surface area (Å²) in [6, 6.07) is 0. The van der Waals surface area contributed by atoms with E-state index in [0.29, 0.717) is 5.56 Å². The van der Waals surface area contributed by atoms with E-state index in [1.54, 1.807) is 10.8 Å². The summed E-state index contributed by atoms with van der Waals surface area (Å²) in [7, 11) is 0. The van der Waals surface area contributed by atoms with Gasteiger partial charge in [-0.15, -0.1) is 11.8 Å². The Bertz CT molecular complexity index is 293. The summed E-state index contributed by atoms with van der Waals surface area (Å²) in [4.78, 5) is 21.3. The molecule has 1 heterocycles. The van der Waals surface area contributed by atoms with Crippen LogP contribution in [0.3, 0.4) is 0 Å². The molecule has 0 spiro atoms. The number of carbonyl (C=O) groups excluding carboxylic acids is 1. The summed E-state index contributed by atoms with van der Waals surface area (Å²) >= 11 is 2.56. The summed E-state index contributed by atoms with van der Waals surface area (Å²) in [5, 5.41) is 11.9. The molecule has 0 saturated heterocycles. The summed E-state index contributed by atoms with van der Waals surface area (Å²) < 4.78 is 0. The van der Waals surface area contributed by atoms with Gasteiger partial charge in [0, 0.05) is 21.2 Å². The van der Waals surface area contributed by atoms with Crippen molar-refractivity contribution in [1.82, 2.24) is 0 Å². The summed E-state index contributed by atoms with van der Waals surface area (Å²) in [5.41, 5.74) is 0.575. The van der Waals surface area contributed by atoms with Gasteiger partial charge in [-0.2, -0.15) is 11.3 Å². The first-order valence-electron chi connectivity index (χ1n) is 3.10. The fourth-order valence-corrected chi connectivity index (χ4v) is 2.36. The van der Waals surface area contributed by atoms with Crippen molar-refractivity contribution in [3.8, 4) is 0 Å². The molecule has 5 heteroatoms. The highest BCUT2D eigenvalue weighted by Crippen LogP contribution is 2.24. The van der Waals surface area contributed by atoms with Gasteiger partial charge in [-0.25, -0.2) is 0 Å². The van der Waals surface area contributed by atoms with Gasteiger partial charge in [-0.1, -0.05) is 0 Å². The molecule has 1 N–H and O–H groups in total. The van der Waals surface area contributed by atoms with E-state index in [4.69, 9.17) is 5.11 Å². The molecule has 0 radical (unpaired) electrons. The predicted molar refractivity (Wildman–Crippen MR) is 48.1 cm³/mol. The van der Waals surface area contributed by atoms with Crippen LogP contribution in [0.4, 0.5) is 0 Å². The smallest absolute Gasteiger partial charge is 0.313 e. The Hall–Kier alpha value is -0.810. The van der Waals surface area contributed by atoms with Gasteiger partial charge >= 0.3 is 5.97 Å². The topological polar surface area (TPSA) is 54.4 Å². The number of carbonyl (C=O) groups is 2. The third-order valence-electron chi connectivity index (χ3n) is 1.13. The first-order valence-corrected chi connectivity index (χ1v) is 5.03. The van der Waals surface area contributed by atoms with Crippen molar-refractivity contribution < 1.29 is 14.7 Å². The molecule has 0 fully saturated rings. The second-order valence-corrected chi connectivity index (χ2v) is 3.75. The number of aldehydes is 1. The quantitative estimate of drug-likeness (QED) is 0.597. The second kappa shape index (κ2) is 4.27. The lowest BCUT2D eigenvalue weighted by molar-refractivity contribution is -0.133. The van der Waals surface area contributed by atoms with E-state index in [0.717, 1.165) is 11.2 Å². The van der Waals surface area contributed by atoms with Crippen LogP contribution >= 0.6 is 23.1 Å². The molecule has 0 aliphatic carbocycles. The van der Waals surface area contributed by atoms with Gasteiger partial charge in [-0.3, -0.25) is 9.59 Å². The Morgan fingerprint density at radius 3 is 3.00 bits per heavy atom. The highest BCUT2D eigenvalue weighted by Gasteiger charge is 2.05. The lowest BCUT2D eigenvalue weighted by Crippen LogP contribution is -1.97. The minimum Gasteiger partial charge on any atom is -0.481 e. The van der Waals surface area contributed by atoms with Crippen LogP contribution in [0, 0.1) is 0 Å². The fourth-order valence-electron chi connectivity index (χ4n) is 0.638. The lowest BCUT2D eigenvalue weighted by Gasteiger charge is -1.93. The second-order valence-electron chi connectivity index (χ2n) is 1.99. The summed E-state index contributed by atoms with van der Waals surface area (Å²) in [5.74, 6) is -0.875. The molecule has 0 unspecified atom stereocenters. The number of carboxylic acids is 1. The van der Waals surface area contributed by atoms with E-state index in [-0.39, 0.29) is 5.75 Å². The molecule has 0 amide bonds. The average molecular weight is 202 g/mol. The van der Waals surface area contributed by atoms with Crippen molar-refractivity contribution in [2.45, 2.75) is 4.90 Å². The molecular weight excluding hydrogens is 196 g/mol. The number of hydrogen-bond donors (Lipinski definition) is 1. The van der Waals surface area contributed by atoms with Gasteiger partial charge in [-0.05, 0) is 0 Å². The van der Waals surface area contributed by atoms with Crippen LogP contribution < -0.4 is 0 Å². The maximum atomic E-state index is 10.4. The van der Waals surface area contributed by atoms with Gasteiger partial charge in [0.25, 0.3) is 0 Å². The number of thiophene rings is 1. The molecule has 0 aliphatic heterocycles. The van der Waals surface area contributed by atoms with E-state index in [1.807, 2.05) is 0 Å². The van der Waals surface area contributed by atoms with Crippen molar-refractivity contribution in [2.75, 3.05) is 5.75 Å². The molecule has 12 heavy (non-hydrogen) atoms. The Balaban J connectivity index is 2.62. The van der Waals surface area contributed by atoms with Crippen LogP contribution in [0.25, 0.3) is 0 Å². The minimum atomic E-state index is -0.872. The van der Waals surface area contributed by atoms with E-state index in [9.17, 15) is 9.59 Å². The van der Waals surface area contributed by atoms with Gasteiger partial charge in [0.05, 0.1) is 5.75 Å². The number of hydrogen-bond acceptors (Lipinski definition) is 4. The van der Waals surface area contributed by atoms with Crippen LogP contribution in [-0.2, 0) is 4.79 Å². The molecule has 1 aromatic rings. The summed E-state index contributed by atoms with van der Waals surface area (Å²) in [6.07, 6.45) is 0.737. The van der Waals surface area contributed by atoms with Crippen LogP contribution in [-0.4, -0.2) is 23.1 Å². The molecule has 0 aromatic carbocycles. The lowest BCUT2D eigenvalue weighted by atomic mass is 10.4. The third-order valence-corrected chi connectivity index (χ3v) is 3.10. The Morgan fingerprint density at radius 1 is 1.67 bits per heavy atom. The fraction of sp³-hybridized carbons (Fsp3) is 0.143. The molecule has 0 saturated carbocycles. The van der Waals surface area contributed by atoms with Gasteiger partial charge in [0.2, 0.25) is 0 Å². The SMILES string of the molecule is O=Cc1cscc1SCC(=O)O. The van der Waals surface area contributed by atoms with Crippen LogP contribution in [0.15, 0.2) is 15.7 Å². The van der Waals surface area contributed by atoms with Crippen molar-refractivity contribution in [1.29, 1.82) is 0 Å². The Labute approximate surface area is 77.4 Å². The summed E-state index contributed by atoms with van der Waals surface area (Å²) in [6.45, 7) is 0. The molecule has 0 aliphatic rings. The Morgan fingerprint density at radius 2 is 2.42 bits per heavy atom. The van der Waals surface area contributed by atoms with Gasteiger partial charge in [0.15, 0.2) is 6.29 Å². The van der Waals surface area contributed by atoms with Gasteiger partial charge in [0.1, 0.15) is 0 Å². The third kappa shape index (κ3) is 2.35. The number of thioether (sulfide) groups is 1. The predicted octanol–water partition coefficient (Wildman–Crippen LogP) is 1.74. The van der Waals surface area contributed by atoms with Crippen LogP contribution in [0.5, 0.6) is 0 Å². The highest BCUT2D eigenvalue weighted by molar-refractivity contribution is 8.00.